The fourth-order valence-corrected chi connectivity index (χ4v) is 5.94. The SMILES string of the molecule is CS(=O)(=O)N(C[C@@H]1C[C@@H](CC(=O)O)C(=O)N1)[C@H]1CC[C@H](c2ccc(C(=N)N)cc2)CC1. The van der Waals surface area contributed by atoms with Crippen molar-refractivity contribution in [3.8, 4) is 0 Å². The second-order valence-corrected chi connectivity index (χ2v) is 10.5. The summed E-state index contributed by atoms with van der Waals surface area (Å²) in [5.41, 5.74) is 7.35. The van der Waals surface area contributed by atoms with Crippen LogP contribution in [-0.4, -0.2) is 60.4 Å². The largest absolute Gasteiger partial charge is 0.481 e. The summed E-state index contributed by atoms with van der Waals surface area (Å²) in [5.74, 6) is -1.61. The lowest BCUT2D eigenvalue weighted by atomic mass is 9.81. The molecule has 2 atom stereocenters. The van der Waals surface area contributed by atoms with Crippen molar-refractivity contribution in [3.05, 3.63) is 35.4 Å². The van der Waals surface area contributed by atoms with Gasteiger partial charge in [-0.05, 0) is 43.6 Å². The van der Waals surface area contributed by atoms with Gasteiger partial charge < -0.3 is 16.2 Å². The summed E-state index contributed by atoms with van der Waals surface area (Å²) in [5, 5.41) is 19.2. The number of benzene rings is 1. The lowest BCUT2D eigenvalue weighted by Crippen LogP contribution is -2.47. The van der Waals surface area contributed by atoms with Gasteiger partial charge in [-0.15, -0.1) is 0 Å². The van der Waals surface area contributed by atoms with Crippen molar-refractivity contribution in [3.63, 3.8) is 0 Å². The van der Waals surface area contributed by atoms with Gasteiger partial charge in [0, 0.05) is 24.2 Å². The van der Waals surface area contributed by atoms with Gasteiger partial charge in [-0.1, -0.05) is 24.3 Å². The van der Waals surface area contributed by atoms with Gasteiger partial charge in [0.2, 0.25) is 15.9 Å². The van der Waals surface area contributed by atoms with E-state index in [-0.39, 0.29) is 36.8 Å². The molecule has 9 nitrogen and oxygen atoms in total. The molecule has 1 aromatic carbocycles. The highest BCUT2D eigenvalue weighted by atomic mass is 32.2. The van der Waals surface area contributed by atoms with Crippen LogP contribution in [0.15, 0.2) is 24.3 Å². The first-order chi connectivity index (χ1) is 14.5. The van der Waals surface area contributed by atoms with E-state index in [9.17, 15) is 18.0 Å². The molecule has 1 heterocycles. The number of carboxylic acids is 1. The molecule has 0 bridgehead atoms. The van der Waals surface area contributed by atoms with E-state index in [4.69, 9.17) is 16.2 Å². The average Bonchev–Trinajstić information content (AvgIpc) is 3.04. The van der Waals surface area contributed by atoms with Gasteiger partial charge in [-0.3, -0.25) is 15.0 Å². The van der Waals surface area contributed by atoms with E-state index in [0.717, 1.165) is 18.4 Å². The molecule has 1 aromatic rings. The van der Waals surface area contributed by atoms with Crippen molar-refractivity contribution in [1.29, 1.82) is 5.41 Å². The van der Waals surface area contributed by atoms with Crippen LogP contribution < -0.4 is 11.1 Å². The summed E-state index contributed by atoms with van der Waals surface area (Å²) in [4.78, 5) is 23.0. The fraction of sp³-hybridized carbons (Fsp3) is 0.571. The monoisotopic (exact) mass is 450 g/mol. The van der Waals surface area contributed by atoms with Crippen LogP contribution in [0.1, 0.15) is 55.6 Å². The fourth-order valence-electron chi connectivity index (χ4n) is 4.74. The van der Waals surface area contributed by atoms with E-state index in [1.54, 1.807) is 0 Å². The molecule has 1 aliphatic heterocycles. The second-order valence-electron chi connectivity index (χ2n) is 8.61. The quantitative estimate of drug-likeness (QED) is 0.345. The molecule has 2 aliphatic rings. The molecule has 1 aliphatic carbocycles. The maximum absolute atomic E-state index is 12.5. The number of nitrogen functional groups attached to an aromatic ring is 1. The molecular weight excluding hydrogens is 420 g/mol. The van der Waals surface area contributed by atoms with Gasteiger partial charge in [0.25, 0.3) is 0 Å². The lowest BCUT2D eigenvalue weighted by molar-refractivity contribution is -0.140. The number of carbonyl (C=O) groups is 2. The number of amides is 1. The van der Waals surface area contributed by atoms with Gasteiger partial charge in [0.05, 0.1) is 18.6 Å². The minimum absolute atomic E-state index is 0.0312. The molecule has 5 N–H and O–H groups in total. The molecule has 1 saturated heterocycles. The van der Waals surface area contributed by atoms with Gasteiger partial charge in [-0.2, -0.15) is 4.31 Å². The van der Waals surface area contributed by atoms with Crippen LogP contribution in [0, 0.1) is 11.3 Å². The van der Waals surface area contributed by atoms with E-state index in [1.165, 1.54) is 10.6 Å². The number of carboxylic acid groups (broad SMARTS) is 1. The van der Waals surface area contributed by atoms with Crippen LogP contribution in [0.5, 0.6) is 0 Å². The van der Waals surface area contributed by atoms with Crippen LogP contribution in [0.25, 0.3) is 0 Å². The third-order valence-corrected chi connectivity index (χ3v) is 7.63. The lowest BCUT2D eigenvalue weighted by Gasteiger charge is -2.36. The molecule has 1 amide bonds. The standard InChI is InChI=1S/C21H30N4O5S/c1-31(29,30)25(12-17-10-16(11-19(26)27)21(28)24-17)18-8-6-14(7-9-18)13-2-4-15(5-3-13)20(22)23/h2-5,14,16-18H,6-12H2,1H3,(H3,22,23)(H,24,28)(H,26,27)/t14-,16-,17-,18-/m0/s1. The molecule has 1 saturated carbocycles. The van der Waals surface area contributed by atoms with Crippen molar-refractivity contribution in [1.82, 2.24) is 9.62 Å². The average molecular weight is 451 g/mol. The number of hydrogen-bond acceptors (Lipinski definition) is 5. The van der Waals surface area contributed by atoms with Crippen molar-refractivity contribution in [2.24, 2.45) is 11.7 Å². The van der Waals surface area contributed by atoms with Crippen LogP contribution in [-0.2, 0) is 19.6 Å². The van der Waals surface area contributed by atoms with Crippen molar-refractivity contribution in [2.45, 2.75) is 56.5 Å². The summed E-state index contributed by atoms with van der Waals surface area (Å²) in [6.07, 6.45) is 4.38. The van der Waals surface area contributed by atoms with Gasteiger partial charge in [0.15, 0.2) is 0 Å². The van der Waals surface area contributed by atoms with E-state index in [0.29, 0.717) is 30.7 Å². The molecule has 0 unspecified atom stereocenters. The minimum atomic E-state index is -3.48. The molecule has 10 heteroatoms. The Morgan fingerprint density at radius 1 is 1.23 bits per heavy atom. The Morgan fingerprint density at radius 2 is 1.84 bits per heavy atom. The molecule has 0 radical (unpaired) electrons. The van der Waals surface area contributed by atoms with Crippen molar-refractivity contribution >= 4 is 27.7 Å². The van der Waals surface area contributed by atoms with E-state index in [2.05, 4.69) is 5.32 Å². The smallest absolute Gasteiger partial charge is 0.304 e. The first-order valence-corrected chi connectivity index (χ1v) is 12.3. The number of hydrogen-bond donors (Lipinski definition) is 4. The zero-order valence-corrected chi connectivity index (χ0v) is 18.4. The molecule has 3 rings (SSSR count). The van der Waals surface area contributed by atoms with Crippen LogP contribution >= 0.6 is 0 Å². The number of aliphatic carboxylic acids is 1. The highest BCUT2D eigenvalue weighted by Gasteiger charge is 2.38. The summed E-state index contributed by atoms with van der Waals surface area (Å²) in [6, 6.07) is 7.12. The Bertz CT molecular complexity index is 939. The topological polar surface area (TPSA) is 154 Å². The Hall–Kier alpha value is -2.46. The van der Waals surface area contributed by atoms with Crippen LogP contribution in [0.3, 0.4) is 0 Å². The maximum atomic E-state index is 12.5. The molecular formula is C21H30N4O5S. The zero-order chi connectivity index (χ0) is 22.8. The summed E-state index contributed by atoms with van der Waals surface area (Å²) >= 11 is 0. The third-order valence-electron chi connectivity index (χ3n) is 6.33. The highest BCUT2D eigenvalue weighted by molar-refractivity contribution is 7.88. The van der Waals surface area contributed by atoms with E-state index in [1.807, 2.05) is 24.3 Å². The van der Waals surface area contributed by atoms with E-state index < -0.39 is 21.9 Å². The molecule has 2 fully saturated rings. The number of rotatable bonds is 8. The summed E-state index contributed by atoms with van der Waals surface area (Å²) in [6.45, 7) is 0.170. The molecule has 0 spiro atoms. The van der Waals surface area contributed by atoms with Crippen LogP contribution in [0.2, 0.25) is 0 Å². The van der Waals surface area contributed by atoms with E-state index >= 15 is 0 Å². The highest BCUT2D eigenvalue weighted by Crippen LogP contribution is 2.36. The third kappa shape index (κ3) is 5.82. The van der Waals surface area contributed by atoms with Crippen molar-refractivity contribution < 1.29 is 23.1 Å². The Morgan fingerprint density at radius 3 is 2.35 bits per heavy atom. The number of sulfonamides is 1. The Kier molecular flexibility index (Phi) is 7.00. The number of nitrogens with two attached hydrogens (primary N) is 1. The van der Waals surface area contributed by atoms with Crippen molar-refractivity contribution in [2.75, 3.05) is 12.8 Å². The number of carbonyl (C=O) groups excluding carboxylic acids is 1. The first kappa shape index (κ1) is 23.2. The van der Waals surface area contributed by atoms with Gasteiger partial charge in [-0.25, -0.2) is 8.42 Å². The normalized spacial score (nSPS) is 26.6. The second kappa shape index (κ2) is 9.35. The predicted molar refractivity (Wildman–Crippen MR) is 116 cm³/mol. The summed E-state index contributed by atoms with van der Waals surface area (Å²) in [7, 11) is -3.48. The Balaban J connectivity index is 1.62. The van der Waals surface area contributed by atoms with Gasteiger partial charge >= 0.3 is 5.97 Å². The number of amidine groups is 1. The predicted octanol–water partition coefficient (Wildman–Crippen LogP) is 1.24. The molecule has 170 valence electrons. The number of nitrogens with zero attached hydrogens (tertiary/aromatic N) is 1. The Labute approximate surface area is 182 Å². The maximum Gasteiger partial charge on any atom is 0.304 e. The minimum Gasteiger partial charge on any atom is -0.481 e. The molecule has 31 heavy (non-hydrogen) atoms. The first-order valence-electron chi connectivity index (χ1n) is 10.5. The zero-order valence-electron chi connectivity index (χ0n) is 17.6. The summed E-state index contributed by atoms with van der Waals surface area (Å²) < 4.78 is 26.5. The number of nitrogens with one attached hydrogen (secondary N) is 2. The molecule has 0 aromatic heterocycles. The van der Waals surface area contributed by atoms with Gasteiger partial charge in [0.1, 0.15) is 5.84 Å². The van der Waals surface area contributed by atoms with Crippen LogP contribution in [0.4, 0.5) is 0 Å².